The van der Waals surface area contributed by atoms with Crippen LogP contribution < -0.4 is 4.90 Å². The standard InChI is InChI=1S/C44H27NOS/c1-3-12-33-29(9-1)11-7-15-38(33)45(39-16-8-17-40-43(39)36-25-21-30-10-2-4-13-34(30)44(36)46-40)32-23-19-28(20-24-32)31-22-26-42-37(27-31)35-14-5-6-18-41(35)47-42/h1-27H. The molecule has 0 radical (unpaired) electrons. The summed E-state index contributed by atoms with van der Waals surface area (Å²) in [6, 6.07) is 59.0. The van der Waals surface area contributed by atoms with Crippen LogP contribution in [0.1, 0.15) is 0 Å². The highest BCUT2D eigenvalue weighted by Crippen LogP contribution is 2.46. The number of fused-ring (bicyclic) bond motifs is 9. The van der Waals surface area contributed by atoms with E-state index < -0.39 is 0 Å². The van der Waals surface area contributed by atoms with Gasteiger partial charge < -0.3 is 9.32 Å². The molecule has 0 saturated carbocycles. The Morgan fingerprint density at radius 2 is 1.09 bits per heavy atom. The van der Waals surface area contributed by atoms with Crippen molar-refractivity contribution in [3.8, 4) is 11.1 Å². The predicted octanol–water partition coefficient (Wildman–Crippen LogP) is 13.4. The van der Waals surface area contributed by atoms with E-state index in [0.717, 1.165) is 44.4 Å². The molecule has 0 saturated heterocycles. The lowest BCUT2D eigenvalue weighted by Gasteiger charge is -2.27. The molecule has 0 spiro atoms. The van der Waals surface area contributed by atoms with Gasteiger partial charge in [-0.3, -0.25) is 0 Å². The first-order valence-electron chi connectivity index (χ1n) is 15.9. The van der Waals surface area contributed by atoms with Gasteiger partial charge in [-0.05, 0) is 76.5 Å². The molecule has 2 nitrogen and oxygen atoms in total. The Morgan fingerprint density at radius 1 is 0.426 bits per heavy atom. The maximum Gasteiger partial charge on any atom is 0.143 e. The van der Waals surface area contributed by atoms with Crippen molar-refractivity contribution in [2.24, 2.45) is 0 Å². The summed E-state index contributed by atoms with van der Waals surface area (Å²) in [6.45, 7) is 0. The van der Waals surface area contributed by atoms with Crippen molar-refractivity contribution >= 4 is 92.1 Å². The molecule has 10 aromatic rings. The molecule has 0 aliphatic carbocycles. The van der Waals surface area contributed by atoms with E-state index in [0.29, 0.717) is 0 Å². The van der Waals surface area contributed by atoms with Gasteiger partial charge in [-0.15, -0.1) is 11.3 Å². The fourth-order valence-corrected chi connectivity index (χ4v) is 8.33. The summed E-state index contributed by atoms with van der Waals surface area (Å²) in [4.78, 5) is 2.40. The van der Waals surface area contributed by atoms with Crippen LogP contribution in [0.15, 0.2) is 168 Å². The molecule has 3 heteroatoms. The Labute approximate surface area is 275 Å². The number of thiophene rings is 1. The van der Waals surface area contributed by atoms with Crippen molar-refractivity contribution < 1.29 is 4.42 Å². The van der Waals surface area contributed by atoms with Crippen molar-refractivity contribution in [1.82, 2.24) is 0 Å². The number of hydrogen-bond donors (Lipinski definition) is 0. The Bertz CT molecular complexity index is 2800. The van der Waals surface area contributed by atoms with E-state index in [1.807, 2.05) is 11.3 Å². The van der Waals surface area contributed by atoms with Crippen molar-refractivity contribution in [2.75, 3.05) is 4.90 Å². The lowest BCUT2D eigenvalue weighted by molar-refractivity contribution is 0.672. The van der Waals surface area contributed by atoms with Crippen LogP contribution in [0.25, 0.3) is 74.8 Å². The zero-order valence-corrected chi connectivity index (χ0v) is 26.2. The molecular formula is C44H27NOS. The zero-order chi connectivity index (χ0) is 30.9. The topological polar surface area (TPSA) is 16.4 Å². The van der Waals surface area contributed by atoms with E-state index in [1.165, 1.54) is 47.5 Å². The summed E-state index contributed by atoms with van der Waals surface area (Å²) < 4.78 is 9.28. The van der Waals surface area contributed by atoms with Crippen LogP contribution in [0.3, 0.4) is 0 Å². The molecule has 8 aromatic carbocycles. The molecule has 2 heterocycles. The van der Waals surface area contributed by atoms with E-state index in [1.54, 1.807) is 0 Å². The van der Waals surface area contributed by atoms with Gasteiger partial charge in [0.15, 0.2) is 0 Å². The minimum Gasteiger partial charge on any atom is -0.455 e. The van der Waals surface area contributed by atoms with Crippen LogP contribution >= 0.6 is 11.3 Å². The average Bonchev–Trinajstić information content (AvgIpc) is 3.71. The molecule has 220 valence electrons. The minimum absolute atomic E-state index is 0.881. The third kappa shape index (κ3) is 4.10. The van der Waals surface area contributed by atoms with Gasteiger partial charge in [0.05, 0.1) is 16.8 Å². The normalized spacial score (nSPS) is 11.8. The number of furan rings is 1. The van der Waals surface area contributed by atoms with Gasteiger partial charge >= 0.3 is 0 Å². The first-order valence-corrected chi connectivity index (χ1v) is 16.7. The Balaban J connectivity index is 1.18. The van der Waals surface area contributed by atoms with Crippen LogP contribution in [0.2, 0.25) is 0 Å². The highest BCUT2D eigenvalue weighted by atomic mass is 32.1. The fraction of sp³-hybridized carbons (Fsp3) is 0. The van der Waals surface area contributed by atoms with Gasteiger partial charge in [-0.1, -0.05) is 109 Å². The summed E-state index contributed by atoms with van der Waals surface area (Å²) in [6.07, 6.45) is 0. The smallest absolute Gasteiger partial charge is 0.143 e. The third-order valence-electron chi connectivity index (χ3n) is 9.45. The Morgan fingerprint density at radius 3 is 1.96 bits per heavy atom. The summed E-state index contributed by atoms with van der Waals surface area (Å²) in [5.74, 6) is 0. The maximum absolute atomic E-state index is 6.63. The average molecular weight is 618 g/mol. The van der Waals surface area contributed by atoms with Crippen LogP contribution in [0.5, 0.6) is 0 Å². The van der Waals surface area contributed by atoms with E-state index >= 15 is 0 Å². The summed E-state index contributed by atoms with van der Waals surface area (Å²) in [5.41, 5.74) is 7.54. The second-order valence-corrected chi connectivity index (χ2v) is 13.2. The van der Waals surface area contributed by atoms with E-state index in [2.05, 4.69) is 169 Å². The molecule has 0 amide bonds. The van der Waals surface area contributed by atoms with E-state index in [4.69, 9.17) is 4.42 Å². The van der Waals surface area contributed by atoms with Gasteiger partial charge in [0.2, 0.25) is 0 Å². The fourth-order valence-electron chi connectivity index (χ4n) is 7.24. The van der Waals surface area contributed by atoms with Gasteiger partial charge in [-0.25, -0.2) is 0 Å². The van der Waals surface area contributed by atoms with Crippen molar-refractivity contribution in [3.63, 3.8) is 0 Å². The molecule has 0 bridgehead atoms. The summed E-state index contributed by atoms with van der Waals surface area (Å²) in [5, 5.41) is 9.57. The lowest BCUT2D eigenvalue weighted by Crippen LogP contribution is -2.10. The quantitative estimate of drug-likeness (QED) is 0.195. The molecule has 0 atom stereocenters. The van der Waals surface area contributed by atoms with Crippen molar-refractivity contribution in [2.45, 2.75) is 0 Å². The molecule has 0 N–H and O–H groups in total. The third-order valence-corrected chi connectivity index (χ3v) is 10.6. The number of hydrogen-bond acceptors (Lipinski definition) is 3. The van der Waals surface area contributed by atoms with Crippen molar-refractivity contribution in [1.29, 1.82) is 0 Å². The first-order chi connectivity index (χ1) is 23.3. The van der Waals surface area contributed by atoms with Crippen LogP contribution in [-0.2, 0) is 0 Å². The Kier molecular flexibility index (Phi) is 5.78. The molecule has 0 unspecified atom stereocenters. The molecule has 47 heavy (non-hydrogen) atoms. The van der Waals surface area contributed by atoms with Crippen LogP contribution in [-0.4, -0.2) is 0 Å². The molecule has 0 fully saturated rings. The van der Waals surface area contributed by atoms with Gasteiger partial charge in [0.25, 0.3) is 0 Å². The number of anilines is 3. The molecule has 2 aromatic heterocycles. The Hall–Kier alpha value is -5.90. The second kappa shape index (κ2) is 10.3. The van der Waals surface area contributed by atoms with E-state index in [-0.39, 0.29) is 0 Å². The first kappa shape index (κ1) is 26.3. The number of nitrogens with zero attached hydrogens (tertiary/aromatic N) is 1. The SMILES string of the molecule is c1ccc2c(N(c3ccc(-c4ccc5sc6ccccc6c5c4)cc3)c3cccc4oc5c6ccccc6ccc5c34)cccc2c1. The molecule has 0 aliphatic heterocycles. The predicted molar refractivity (Wildman–Crippen MR) is 202 cm³/mol. The van der Waals surface area contributed by atoms with Gasteiger partial charge in [0.1, 0.15) is 11.2 Å². The van der Waals surface area contributed by atoms with Gasteiger partial charge in [-0.2, -0.15) is 0 Å². The van der Waals surface area contributed by atoms with E-state index in [9.17, 15) is 0 Å². The monoisotopic (exact) mass is 617 g/mol. The van der Waals surface area contributed by atoms with Gasteiger partial charge in [0, 0.05) is 42.0 Å². The molecule has 0 aliphatic rings. The van der Waals surface area contributed by atoms with Crippen LogP contribution in [0, 0.1) is 0 Å². The largest absolute Gasteiger partial charge is 0.455 e. The van der Waals surface area contributed by atoms with Crippen molar-refractivity contribution in [3.05, 3.63) is 164 Å². The second-order valence-electron chi connectivity index (χ2n) is 12.1. The minimum atomic E-state index is 0.881. The maximum atomic E-state index is 6.63. The molecular weight excluding hydrogens is 591 g/mol. The van der Waals surface area contributed by atoms with Crippen LogP contribution in [0.4, 0.5) is 17.1 Å². The summed E-state index contributed by atoms with van der Waals surface area (Å²) >= 11 is 1.86. The molecule has 10 rings (SSSR count). The highest BCUT2D eigenvalue weighted by molar-refractivity contribution is 7.25. The number of benzene rings is 8. The zero-order valence-electron chi connectivity index (χ0n) is 25.4. The lowest BCUT2D eigenvalue weighted by atomic mass is 10.0. The highest BCUT2D eigenvalue weighted by Gasteiger charge is 2.21. The summed E-state index contributed by atoms with van der Waals surface area (Å²) in [7, 11) is 0. The number of rotatable bonds is 4.